The minimum atomic E-state index is -0.272. The van der Waals surface area contributed by atoms with E-state index in [4.69, 9.17) is 9.15 Å². The topological polar surface area (TPSA) is 84.2 Å². The van der Waals surface area contributed by atoms with E-state index in [1.807, 2.05) is 31.2 Å². The van der Waals surface area contributed by atoms with Gasteiger partial charge in [-0.25, -0.2) is 9.37 Å². The van der Waals surface area contributed by atoms with Gasteiger partial charge in [0.1, 0.15) is 29.1 Å². The predicted molar refractivity (Wildman–Crippen MR) is 124 cm³/mol. The molecule has 0 aliphatic carbocycles. The molecule has 3 heterocycles. The Hall–Kier alpha value is -3.94. The Morgan fingerprint density at radius 2 is 2.00 bits per heavy atom. The summed E-state index contributed by atoms with van der Waals surface area (Å²) in [6, 6.07) is 15.5. The third kappa shape index (κ3) is 4.57. The molecule has 174 valence electrons. The normalized spacial score (nSPS) is 15.6. The molecule has 0 bridgehead atoms. The number of hydrogen-bond acceptors (Lipinski definition) is 5. The van der Waals surface area contributed by atoms with Crippen LogP contribution in [0.2, 0.25) is 0 Å². The van der Waals surface area contributed by atoms with E-state index in [2.05, 4.69) is 15.2 Å². The van der Waals surface area contributed by atoms with Gasteiger partial charge in [0.25, 0.3) is 5.91 Å². The molecule has 5 rings (SSSR count). The molecule has 1 unspecified atom stereocenters. The molecule has 1 atom stereocenters. The van der Waals surface area contributed by atoms with E-state index in [-0.39, 0.29) is 17.8 Å². The monoisotopic (exact) mass is 460 g/mol. The molecule has 1 aliphatic heterocycles. The Labute approximate surface area is 196 Å². The van der Waals surface area contributed by atoms with Crippen LogP contribution in [0, 0.1) is 5.82 Å². The summed E-state index contributed by atoms with van der Waals surface area (Å²) in [7, 11) is 0. The maximum atomic E-state index is 13.3. The molecule has 2 aromatic carbocycles. The van der Waals surface area contributed by atoms with Gasteiger partial charge in [-0.05, 0) is 67.8 Å². The van der Waals surface area contributed by atoms with Crippen molar-refractivity contribution < 1.29 is 18.3 Å². The number of nitrogens with one attached hydrogen (secondary N) is 1. The molecule has 1 saturated heterocycles. The highest BCUT2D eigenvalue weighted by atomic mass is 19.1. The van der Waals surface area contributed by atoms with Gasteiger partial charge in [0.05, 0.1) is 18.5 Å². The molecule has 1 aliphatic rings. The van der Waals surface area contributed by atoms with Gasteiger partial charge < -0.3 is 14.1 Å². The number of hydrogen-bond donors (Lipinski definition) is 1. The van der Waals surface area contributed by atoms with Gasteiger partial charge in [-0.15, -0.1) is 0 Å². The second kappa shape index (κ2) is 9.51. The molecule has 1 N–H and O–H groups in total. The number of oxazole rings is 1. The molecule has 8 heteroatoms. The number of rotatable bonds is 7. The van der Waals surface area contributed by atoms with Crippen LogP contribution in [0.4, 0.5) is 4.39 Å². The number of halogens is 1. The summed E-state index contributed by atoms with van der Waals surface area (Å²) in [5.74, 6) is 1.59. The Morgan fingerprint density at radius 3 is 2.76 bits per heavy atom. The van der Waals surface area contributed by atoms with Crippen molar-refractivity contribution >= 4 is 5.91 Å². The molecule has 1 fully saturated rings. The van der Waals surface area contributed by atoms with Crippen molar-refractivity contribution in [1.82, 2.24) is 20.1 Å². The highest BCUT2D eigenvalue weighted by Gasteiger charge is 2.34. The zero-order valence-electron chi connectivity index (χ0n) is 18.8. The number of H-pyrrole nitrogens is 1. The SMILES string of the molecule is CCOc1ccc(-c2cc(C(=O)N3CCCC3c3ncc(Cc4ccc(F)cc4)o3)[nH]n2)cc1. The fourth-order valence-electron chi connectivity index (χ4n) is 4.25. The van der Waals surface area contributed by atoms with Crippen molar-refractivity contribution in [2.24, 2.45) is 0 Å². The first-order valence-electron chi connectivity index (χ1n) is 11.4. The van der Waals surface area contributed by atoms with Crippen molar-refractivity contribution in [3.8, 4) is 17.0 Å². The van der Waals surface area contributed by atoms with E-state index in [9.17, 15) is 9.18 Å². The van der Waals surface area contributed by atoms with E-state index in [0.717, 1.165) is 29.7 Å². The fraction of sp³-hybridized carbons (Fsp3) is 0.269. The largest absolute Gasteiger partial charge is 0.494 e. The summed E-state index contributed by atoms with van der Waals surface area (Å²) >= 11 is 0. The van der Waals surface area contributed by atoms with Gasteiger partial charge >= 0.3 is 0 Å². The van der Waals surface area contributed by atoms with E-state index >= 15 is 0 Å². The first-order chi connectivity index (χ1) is 16.6. The number of carbonyl (C=O) groups excluding carboxylic acids is 1. The minimum absolute atomic E-state index is 0.134. The fourth-order valence-corrected chi connectivity index (χ4v) is 4.25. The molecule has 2 aromatic heterocycles. The van der Waals surface area contributed by atoms with Crippen molar-refractivity contribution in [2.45, 2.75) is 32.2 Å². The highest BCUT2D eigenvalue weighted by molar-refractivity contribution is 5.93. The van der Waals surface area contributed by atoms with Crippen LogP contribution in [0.25, 0.3) is 11.3 Å². The molecular weight excluding hydrogens is 435 g/mol. The van der Waals surface area contributed by atoms with Gasteiger partial charge in [0, 0.05) is 18.5 Å². The second-order valence-corrected chi connectivity index (χ2v) is 8.25. The van der Waals surface area contributed by atoms with E-state index in [1.165, 1.54) is 12.1 Å². The minimum Gasteiger partial charge on any atom is -0.494 e. The number of benzene rings is 2. The number of carbonyl (C=O) groups is 1. The Balaban J connectivity index is 1.29. The lowest BCUT2D eigenvalue weighted by atomic mass is 10.1. The summed E-state index contributed by atoms with van der Waals surface area (Å²) in [5.41, 5.74) is 2.95. The third-order valence-corrected chi connectivity index (χ3v) is 5.93. The molecule has 7 nitrogen and oxygen atoms in total. The van der Waals surface area contributed by atoms with E-state index in [1.54, 1.807) is 29.3 Å². The number of aromatic amines is 1. The van der Waals surface area contributed by atoms with Crippen LogP contribution >= 0.6 is 0 Å². The van der Waals surface area contributed by atoms with Crippen molar-refractivity contribution in [3.05, 3.63) is 89.5 Å². The summed E-state index contributed by atoms with van der Waals surface area (Å²) in [4.78, 5) is 19.5. The zero-order valence-corrected chi connectivity index (χ0v) is 18.8. The lowest BCUT2D eigenvalue weighted by Gasteiger charge is -2.21. The summed E-state index contributed by atoms with van der Waals surface area (Å²) < 4.78 is 24.6. The average molecular weight is 461 g/mol. The Morgan fingerprint density at radius 1 is 1.21 bits per heavy atom. The third-order valence-electron chi connectivity index (χ3n) is 5.93. The molecule has 34 heavy (non-hydrogen) atoms. The number of ether oxygens (including phenoxy) is 1. The number of likely N-dealkylation sites (tertiary alicyclic amines) is 1. The number of nitrogens with zero attached hydrogens (tertiary/aromatic N) is 3. The first kappa shape index (κ1) is 21.9. The van der Waals surface area contributed by atoms with Crippen LogP contribution in [0.1, 0.15) is 53.5 Å². The average Bonchev–Trinajstić information content (AvgIpc) is 3.61. The summed E-state index contributed by atoms with van der Waals surface area (Å²) in [6.45, 7) is 3.17. The van der Waals surface area contributed by atoms with Crippen LogP contribution in [-0.2, 0) is 6.42 Å². The van der Waals surface area contributed by atoms with Crippen LogP contribution in [0.5, 0.6) is 5.75 Å². The van der Waals surface area contributed by atoms with Crippen LogP contribution < -0.4 is 4.74 Å². The lowest BCUT2D eigenvalue weighted by molar-refractivity contribution is 0.0708. The second-order valence-electron chi connectivity index (χ2n) is 8.25. The molecule has 4 aromatic rings. The molecule has 1 amide bonds. The standard InChI is InChI=1S/C26H25FN4O3/c1-2-33-20-11-7-18(8-12-20)22-15-23(30-29-22)26(32)31-13-3-4-24(31)25-28-16-21(34-25)14-17-5-9-19(27)10-6-17/h5-12,15-16,24H,2-4,13-14H2,1H3,(H,29,30). The molecule has 0 spiro atoms. The lowest BCUT2D eigenvalue weighted by Crippen LogP contribution is -2.31. The van der Waals surface area contributed by atoms with Crippen molar-refractivity contribution in [2.75, 3.05) is 13.2 Å². The van der Waals surface area contributed by atoms with E-state index in [0.29, 0.717) is 42.6 Å². The van der Waals surface area contributed by atoms with Gasteiger partial charge in [-0.2, -0.15) is 5.10 Å². The molecule has 0 radical (unpaired) electrons. The maximum absolute atomic E-state index is 13.3. The van der Waals surface area contributed by atoms with Gasteiger partial charge in [0.15, 0.2) is 0 Å². The van der Waals surface area contributed by atoms with Crippen molar-refractivity contribution in [3.63, 3.8) is 0 Å². The Kier molecular flexibility index (Phi) is 6.12. The number of aromatic nitrogens is 3. The molecule has 0 saturated carbocycles. The van der Waals surface area contributed by atoms with Gasteiger partial charge in [-0.1, -0.05) is 12.1 Å². The van der Waals surface area contributed by atoms with E-state index < -0.39 is 0 Å². The van der Waals surface area contributed by atoms with Gasteiger partial charge in [0.2, 0.25) is 5.89 Å². The maximum Gasteiger partial charge on any atom is 0.272 e. The van der Waals surface area contributed by atoms with Crippen LogP contribution in [0.15, 0.2) is 65.2 Å². The molecular formula is C26H25FN4O3. The van der Waals surface area contributed by atoms with Crippen LogP contribution in [-0.4, -0.2) is 39.1 Å². The predicted octanol–water partition coefficient (Wildman–Crippen LogP) is 5.17. The Bertz CT molecular complexity index is 1260. The van der Waals surface area contributed by atoms with Gasteiger partial charge in [-0.3, -0.25) is 9.89 Å². The quantitative estimate of drug-likeness (QED) is 0.411. The summed E-state index contributed by atoms with van der Waals surface area (Å²) in [6.07, 6.45) is 3.84. The zero-order chi connectivity index (χ0) is 23.5. The first-order valence-corrected chi connectivity index (χ1v) is 11.4. The smallest absolute Gasteiger partial charge is 0.272 e. The highest BCUT2D eigenvalue weighted by Crippen LogP contribution is 2.33. The number of amides is 1. The van der Waals surface area contributed by atoms with Crippen LogP contribution in [0.3, 0.4) is 0 Å². The summed E-state index contributed by atoms with van der Waals surface area (Å²) in [5, 5.41) is 7.21. The van der Waals surface area contributed by atoms with Crippen molar-refractivity contribution in [1.29, 1.82) is 0 Å².